The first-order valence-corrected chi connectivity index (χ1v) is 7.50. The summed E-state index contributed by atoms with van der Waals surface area (Å²) in [7, 11) is 0. The van der Waals surface area contributed by atoms with E-state index in [1.807, 2.05) is 12.2 Å². The molecule has 1 fully saturated rings. The molecule has 3 aliphatic rings. The van der Waals surface area contributed by atoms with Crippen molar-refractivity contribution in [2.24, 2.45) is 23.7 Å². The third kappa shape index (κ3) is 2.63. The first-order chi connectivity index (χ1) is 10.6. The number of carbonyl (C=O) groups is 2. The number of halogens is 1. The number of rotatable bonds is 4. The van der Waals surface area contributed by atoms with Gasteiger partial charge in [0.2, 0.25) is 5.91 Å². The number of hydrogen-bond donors (Lipinski definition) is 2. The fourth-order valence-corrected chi connectivity index (χ4v) is 3.63. The van der Waals surface area contributed by atoms with Crippen LogP contribution in [-0.2, 0) is 16.1 Å². The van der Waals surface area contributed by atoms with E-state index < -0.39 is 17.8 Å². The topological polar surface area (TPSA) is 66.4 Å². The summed E-state index contributed by atoms with van der Waals surface area (Å²) in [6.07, 6.45) is 5.53. The Bertz CT molecular complexity index is 628. The second-order valence-corrected chi connectivity index (χ2v) is 5.99. The Labute approximate surface area is 128 Å². The zero-order chi connectivity index (χ0) is 15.7. The van der Waals surface area contributed by atoms with Gasteiger partial charge in [0.15, 0.2) is 0 Å². The molecule has 0 heterocycles. The van der Waals surface area contributed by atoms with Gasteiger partial charge in [-0.05, 0) is 30.7 Å². The molecule has 0 aromatic heterocycles. The largest absolute Gasteiger partial charge is 0.481 e. The molecule has 2 bridgehead atoms. The maximum atomic E-state index is 13.6. The minimum atomic E-state index is -0.926. The average molecular weight is 303 g/mol. The smallest absolute Gasteiger partial charge is 0.307 e. The van der Waals surface area contributed by atoms with E-state index in [-0.39, 0.29) is 30.1 Å². The number of benzene rings is 1. The minimum absolute atomic E-state index is 0.0354. The van der Waals surface area contributed by atoms with Crippen molar-refractivity contribution < 1.29 is 19.1 Å². The van der Waals surface area contributed by atoms with E-state index in [9.17, 15) is 19.1 Å². The molecule has 1 aromatic rings. The highest BCUT2D eigenvalue weighted by atomic mass is 19.1. The Balaban J connectivity index is 1.72. The number of carboxylic acid groups (broad SMARTS) is 1. The lowest BCUT2D eigenvalue weighted by Crippen LogP contribution is -2.48. The number of carbonyl (C=O) groups excluding carboxylic acids is 1. The van der Waals surface area contributed by atoms with Crippen molar-refractivity contribution in [2.45, 2.75) is 19.4 Å². The standard InChI is InChI=1S/C17H18FNO3/c18-13-4-2-1-3-12(13)9-19-16(20)14-10-5-7-11(8-6-10)15(14)17(21)22/h1-5,7,10-11,14-15H,6,8-9H2,(H,19,20)(H,21,22). The summed E-state index contributed by atoms with van der Waals surface area (Å²) in [5.74, 6) is -2.95. The highest BCUT2D eigenvalue weighted by Gasteiger charge is 2.48. The summed E-state index contributed by atoms with van der Waals surface area (Å²) in [4.78, 5) is 24.0. The van der Waals surface area contributed by atoms with E-state index in [0.717, 1.165) is 12.8 Å². The van der Waals surface area contributed by atoms with Gasteiger partial charge in [-0.2, -0.15) is 0 Å². The van der Waals surface area contributed by atoms with Crippen LogP contribution in [0.5, 0.6) is 0 Å². The fraction of sp³-hybridized carbons (Fsp3) is 0.412. The van der Waals surface area contributed by atoms with E-state index in [1.165, 1.54) is 6.07 Å². The zero-order valence-corrected chi connectivity index (χ0v) is 12.0. The van der Waals surface area contributed by atoms with Crippen LogP contribution in [-0.4, -0.2) is 17.0 Å². The highest BCUT2D eigenvalue weighted by molar-refractivity contribution is 5.86. The average Bonchev–Trinajstić information content (AvgIpc) is 2.54. The predicted octanol–water partition coefficient (Wildman–Crippen LogP) is 2.35. The van der Waals surface area contributed by atoms with Crippen LogP contribution in [0.3, 0.4) is 0 Å². The van der Waals surface area contributed by atoms with Crippen molar-refractivity contribution in [3.05, 3.63) is 47.8 Å². The highest BCUT2D eigenvalue weighted by Crippen LogP contribution is 2.45. The van der Waals surface area contributed by atoms with Crippen molar-refractivity contribution >= 4 is 11.9 Å². The second-order valence-electron chi connectivity index (χ2n) is 5.99. The SMILES string of the molecule is O=C(O)C1C2C=CC(CC2)C1C(=O)NCc1ccccc1F. The summed E-state index contributed by atoms with van der Waals surface area (Å²) in [6, 6.07) is 6.24. The van der Waals surface area contributed by atoms with Crippen LogP contribution in [0.1, 0.15) is 18.4 Å². The Morgan fingerprint density at radius 1 is 1.14 bits per heavy atom. The number of carboxylic acids is 1. The molecule has 1 saturated carbocycles. The number of hydrogen-bond acceptors (Lipinski definition) is 2. The van der Waals surface area contributed by atoms with E-state index >= 15 is 0 Å². The molecule has 3 aliphatic carbocycles. The Kier molecular flexibility index (Phi) is 3.96. The summed E-state index contributed by atoms with van der Waals surface area (Å²) in [5.41, 5.74) is 0.402. The van der Waals surface area contributed by atoms with Gasteiger partial charge in [0.1, 0.15) is 5.82 Å². The maximum absolute atomic E-state index is 13.6. The Hall–Kier alpha value is -2.17. The molecule has 22 heavy (non-hydrogen) atoms. The van der Waals surface area contributed by atoms with Crippen LogP contribution >= 0.6 is 0 Å². The normalized spacial score (nSPS) is 29.3. The molecule has 1 amide bonds. The third-order valence-electron chi connectivity index (χ3n) is 4.75. The van der Waals surface area contributed by atoms with Crippen LogP contribution < -0.4 is 5.32 Å². The van der Waals surface area contributed by atoms with Crippen LogP contribution in [0.25, 0.3) is 0 Å². The van der Waals surface area contributed by atoms with Gasteiger partial charge in [0.05, 0.1) is 11.8 Å². The summed E-state index contributed by atoms with van der Waals surface area (Å²) >= 11 is 0. The van der Waals surface area contributed by atoms with Crippen molar-refractivity contribution in [1.29, 1.82) is 0 Å². The number of amides is 1. The van der Waals surface area contributed by atoms with Gasteiger partial charge < -0.3 is 10.4 Å². The molecule has 4 nitrogen and oxygen atoms in total. The van der Waals surface area contributed by atoms with Crippen molar-refractivity contribution in [1.82, 2.24) is 5.32 Å². The van der Waals surface area contributed by atoms with Crippen LogP contribution in [0.2, 0.25) is 0 Å². The predicted molar refractivity (Wildman–Crippen MR) is 78.2 cm³/mol. The van der Waals surface area contributed by atoms with E-state index in [0.29, 0.717) is 5.56 Å². The lowest BCUT2D eigenvalue weighted by atomic mass is 9.62. The molecule has 1 aromatic carbocycles. The Morgan fingerprint density at radius 3 is 2.36 bits per heavy atom. The zero-order valence-electron chi connectivity index (χ0n) is 12.0. The van der Waals surface area contributed by atoms with Gasteiger partial charge >= 0.3 is 5.97 Å². The van der Waals surface area contributed by atoms with E-state index in [2.05, 4.69) is 5.32 Å². The first kappa shape index (κ1) is 14.8. The van der Waals surface area contributed by atoms with Crippen LogP contribution in [0, 0.1) is 29.5 Å². The van der Waals surface area contributed by atoms with Gasteiger partial charge in [-0.15, -0.1) is 0 Å². The van der Waals surface area contributed by atoms with Crippen molar-refractivity contribution in [3.63, 3.8) is 0 Å². The summed E-state index contributed by atoms with van der Waals surface area (Å²) < 4.78 is 13.6. The molecule has 0 spiro atoms. The van der Waals surface area contributed by atoms with E-state index in [1.54, 1.807) is 18.2 Å². The number of aliphatic carboxylic acids is 1. The molecular weight excluding hydrogens is 285 g/mol. The fourth-order valence-electron chi connectivity index (χ4n) is 3.63. The van der Waals surface area contributed by atoms with Crippen molar-refractivity contribution in [3.8, 4) is 0 Å². The third-order valence-corrected chi connectivity index (χ3v) is 4.75. The Morgan fingerprint density at radius 2 is 1.77 bits per heavy atom. The summed E-state index contributed by atoms with van der Waals surface area (Å²) in [6.45, 7) is 0.0788. The molecule has 0 radical (unpaired) electrons. The first-order valence-electron chi connectivity index (χ1n) is 7.50. The molecule has 5 heteroatoms. The molecule has 4 unspecified atom stereocenters. The molecular formula is C17H18FNO3. The minimum Gasteiger partial charge on any atom is -0.481 e. The van der Waals surface area contributed by atoms with Crippen molar-refractivity contribution in [2.75, 3.05) is 0 Å². The second kappa shape index (κ2) is 5.91. The van der Waals surface area contributed by atoms with E-state index in [4.69, 9.17) is 0 Å². The number of allylic oxidation sites excluding steroid dienone is 2. The lowest BCUT2D eigenvalue weighted by Gasteiger charge is -2.41. The quantitative estimate of drug-likeness (QED) is 0.839. The monoisotopic (exact) mass is 303 g/mol. The number of fused-ring (bicyclic) bond motifs is 2. The number of nitrogens with one attached hydrogen (secondary N) is 1. The lowest BCUT2D eigenvalue weighted by molar-refractivity contribution is -0.153. The molecule has 2 N–H and O–H groups in total. The molecule has 116 valence electrons. The molecule has 4 rings (SSSR count). The molecule has 0 aliphatic heterocycles. The van der Waals surface area contributed by atoms with Gasteiger partial charge in [0.25, 0.3) is 0 Å². The van der Waals surface area contributed by atoms with Gasteiger partial charge in [-0.25, -0.2) is 4.39 Å². The summed E-state index contributed by atoms with van der Waals surface area (Å²) in [5, 5.41) is 12.1. The van der Waals surface area contributed by atoms with Gasteiger partial charge in [0, 0.05) is 12.1 Å². The molecule has 0 saturated heterocycles. The van der Waals surface area contributed by atoms with Crippen LogP contribution in [0.15, 0.2) is 36.4 Å². The van der Waals surface area contributed by atoms with Crippen LogP contribution in [0.4, 0.5) is 4.39 Å². The van der Waals surface area contributed by atoms with Gasteiger partial charge in [-0.3, -0.25) is 9.59 Å². The maximum Gasteiger partial charge on any atom is 0.307 e. The van der Waals surface area contributed by atoms with Gasteiger partial charge in [-0.1, -0.05) is 30.4 Å². The molecule has 4 atom stereocenters.